The second kappa shape index (κ2) is 5.59. The molecule has 0 aliphatic heterocycles. The van der Waals surface area contributed by atoms with E-state index >= 15 is 0 Å². The summed E-state index contributed by atoms with van der Waals surface area (Å²) in [5.41, 5.74) is 1.49. The first-order valence-electron chi connectivity index (χ1n) is 5.58. The Balaban J connectivity index is 3.24. The normalized spacial score (nSPS) is 12.2. The maximum absolute atomic E-state index is 11.5. The van der Waals surface area contributed by atoms with Crippen molar-refractivity contribution in [2.24, 2.45) is 0 Å². The number of aliphatic hydroxyl groups excluding tert-OH is 1. The molecule has 0 saturated carbocycles. The van der Waals surface area contributed by atoms with E-state index in [0.717, 1.165) is 5.56 Å². The van der Waals surface area contributed by atoms with Crippen LogP contribution in [0.25, 0.3) is 0 Å². The van der Waals surface area contributed by atoms with Gasteiger partial charge in [0.25, 0.3) is 0 Å². The third-order valence-electron chi connectivity index (χ3n) is 2.70. The zero-order valence-electron chi connectivity index (χ0n) is 9.93. The van der Waals surface area contributed by atoms with Gasteiger partial charge in [0.15, 0.2) is 11.9 Å². The number of aliphatic hydroxyl groups is 1. The maximum Gasteiger partial charge on any atom is 0.337 e. The molecule has 0 bridgehead atoms. The maximum atomic E-state index is 11.5. The number of rotatable bonds is 5. The molecule has 17 heavy (non-hydrogen) atoms. The van der Waals surface area contributed by atoms with Crippen molar-refractivity contribution in [1.82, 2.24) is 0 Å². The Labute approximate surface area is 99.9 Å². The van der Waals surface area contributed by atoms with Crippen LogP contribution in [0.4, 0.5) is 0 Å². The highest BCUT2D eigenvalue weighted by atomic mass is 16.4. The van der Waals surface area contributed by atoms with Gasteiger partial charge in [0.05, 0.1) is 0 Å². The summed E-state index contributed by atoms with van der Waals surface area (Å²) in [5.74, 6) is -1.37. The van der Waals surface area contributed by atoms with Gasteiger partial charge in [-0.3, -0.25) is 4.79 Å². The average Bonchev–Trinajstić information content (AvgIpc) is 2.35. The van der Waals surface area contributed by atoms with Crippen LogP contribution in [0.2, 0.25) is 0 Å². The third-order valence-corrected chi connectivity index (χ3v) is 2.70. The van der Waals surface area contributed by atoms with Crippen molar-refractivity contribution >= 4 is 11.8 Å². The molecule has 1 rings (SSSR count). The number of carbonyl (C=O) groups excluding carboxylic acids is 1. The Kier molecular flexibility index (Phi) is 4.40. The summed E-state index contributed by atoms with van der Waals surface area (Å²) >= 11 is 0. The predicted octanol–water partition coefficient (Wildman–Crippen LogP) is 1.96. The van der Waals surface area contributed by atoms with Crippen molar-refractivity contribution in [2.75, 3.05) is 0 Å². The number of carbonyl (C=O) groups is 2. The van der Waals surface area contributed by atoms with Gasteiger partial charge < -0.3 is 10.2 Å². The molecule has 0 amide bonds. The number of carboxylic acid groups (broad SMARTS) is 1. The largest absolute Gasteiger partial charge is 0.479 e. The minimum absolute atomic E-state index is 0.0634. The number of Topliss-reactive ketones (excluding diaryl/α,β-unsaturated/α-hetero) is 1. The fraction of sp³-hybridized carbons (Fsp3) is 0.385. The van der Waals surface area contributed by atoms with E-state index in [9.17, 15) is 14.7 Å². The van der Waals surface area contributed by atoms with Crippen molar-refractivity contribution in [3.05, 3.63) is 34.9 Å². The first kappa shape index (κ1) is 13.4. The monoisotopic (exact) mass is 236 g/mol. The Morgan fingerprint density at radius 1 is 1.29 bits per heavy atom. The lowest BCUT2D eigenvalue weighted by atomic mass is 9.96. The van der Waals surface area contributed by atoms with Crippen molar-refractivity contribution in [3.63, 3.8) is 0 Å². The van der Waals surface area contributed by atoms with Crippen molar-refractivity contribution in [1.29, 1.82) is 0 Å². The quantitative estimate of drug-likeness (QED) is 0.766. The molecule has 2 N–H and O–H groups in total. The number of hydrogen-bond acceptors (Lipinski definition) is 3. The highest BCUT2D eigenvalue weighted by Crippen LogP contribution is 2.21. The molecule has 92 valence electrons. The van der Waals surface area contributed by atoms with Gasteiger partial charge in [0, 0.05) is 12.0 Å². The van der Waals surface area contributed by atoms with Gasteiger partial charge >= 0.3 is 5.97 Å². The molecule has 0 aliphatic rings. The lowest BCUT2D eigenvalue weighted by molar-refractivity contribution is -0.147. The summed E-state index contributed by atoms with van der Waals surface area (Å²) < 4.78 is 0. The third kappa shape index (κ3) is 2.91. The number of benzene rings is 1. The standard InChI is InChI=1S/C13H16O4/c1-3-8-5-6-9(11(14)4-2)7-10(8)12(15)13(16)17/h5-7,12,15H,3-4H2,1-2H3,(H,16,17). The molecule has 1 aromatic carbocycles. The van der Waals surface area contributed by atoms with Crippen LogP contribution in [0.3, 0.4) is 0 Å². The summed E-state index contributed by atoms with van der Waals surface area (Å²) in [4.78, 5) is 22.3. The number of ketones is 1. The van der Waals surface area contributed by atoms with Crippen molar-refractivity contribution < 1.29 is 19.8 Å². The van der Waals surface area contributed by atoms with Gasteiger partial charge in [-0.05, 0) is 23.6 Å². The molecule has 1 aromatic rings. The van der Waals surface area contributed by atoms with Gasteiger partial charge in [-0.2, -0.15) is 0 Å². The van der Waals surface area contributed by atoms with Gasteiger partial charge in [-0.1, -0.05) is 26.0 Å². The fourth-order valence-electron chi connectivity index (χ4n) is 1.68. The van der Waals surface area contributed by atoms with Crippen LogP contribution >= 0.6 is 0 Å². The molecule has 1 unspecified atom stereocenters. The summed E-state index contributed by atoms with van der Waals surface area (Å²) in [6.07, 6.45) is -0.608. The van der Waals surface area contributed by atoms with E-state index in [-0.39, 0.29) is 5.78 Å². The Morgan fingerprint density at radius 3 is 2.41 bits per heavy atom. The van der Waals surface area contributed by atoms with Crippen LogP contribution in [0.5, 0.6) is 0 Å². The number of aliphatic carboxylic acids is 1. The van der Waals surface area contributed by atoms with Crippen LogP contribution < -0.4 is 0 Å². The van der Waals surface area contributed by atoms with Gasteiger partial charge in [0.2, 0.25) is 0 Å². The Hall–Kier alpha value is -1.68. The van der Waals surface area contributed by atoms with E-state index < -0.39 is 12.1 Å². The first-order valence-corrected chi connectivity index (χ1v) is 5.58. The van der Waals surface area contributed by atoms with E-state index in [1.807, 2.05) is 6.92 Å². The Morgan fingerprint density at radius 2 is 1.94 bits per heavy atom. The number of hydrogen-bond donors (Lipinski definition) is 2. The topological polar surface area (TPSA) is 74.6 Å². The second-order valence-electron chi connectivity index (χ2n) is 3.78. The molecular formula is C13H16O4. The molecule has 0 saturated heterocycles. The zero-order valence-corrected chi connectivity index (χ0v) is 9.93. The fourth-order valence-corrected chi connectivity index (χ4v) is 1.68. The summed E-state index contributed by atoms with van der Waals surface area (Å²) in [6.45, 7) is 3.61. The molecule has 0 aliphatic carbocycles. The van der Waals surface area contributed by atoms with Gasteiger partial charge in [0.1, 0.15) is 0 Å². The minimum atomic E-state index is -1.57. The van der Waals surface area contributed by atoms with E-state index in [1.165, 1.54) is 6.07 Å². The van der Waals surface area contributed by atoms with Crippen LogP contribution in [0.15, 0.2) is 18.2 Å². The molecule has 0 fully saturated rings. The molecule has 4 heteroatoms. The van der Waals surface area contributed by atoms with Crippen LogP contribution in [-0.2, 0) is 11.2 Å². The lowest BCUT2D eigenvalue weighted by Crippen LogP contribution is -2.13. The zero-order chi connectivity index (χ0) is 13.0. The average molecular weight is 236 g/mol. The molecule has 0 aromatic heterocycles. The van der Waals surface area contributed by atoms with Crippen molar-refractivity contribution in [3.8, 4) is 0 Å². The van der Waals surface area contributed by atoms with Gasteiger partial charge in [-0.15, -0.1) is 0 Å². The van der Waals surface area contributed by atoms with E-state index in [4.69, 9.17) is 5.11 Å². The molecular weight excluding hydrogens is 220 g/mol. The molecule has 4 nitrogen and oxygen atoms in total. The van der Waals surface area contributed by atoms with Crippen LogP contribution in [-0.4, -0.2) is 22.0 Å². The highest BCUT2D eigenvalue weighted by Gasteiger charge is 2.20. The molecule has 0 heterocycles. The SMILES string of the molecule is CCC(=O)c1ccc(CC)c(C(O)C(=O)O)c1. The van der Waals surface area contributed by atoms with E-state index in [2.05, 4.69) is 0 Å². The second-order valence-corrected chi connectivity index (χ2v) is 3.78. The van der Waals surface area contributed by atoms with Crippen LogP contribution in [0, 0.1) is 0 Å². The molecule has 1 atom stereocenters. The van der Waals surface area contributed by atoms with Crippen molar-refractivity contribution in [2.45, 2.75) is 32.8 Å². The van der Waals surface area contributed by atoms with E-state index in [1.54, 1.807) is 19.1 Å². The highest BCUT2D eigenvalue weighted by molar-refractivity contribution is 5.96. The van der Waals surface area contributed by atoms with Crippen LogP contribution in [0.1, 0.15) is 47.9 Å². The Bertz CT molecular complexity index is 437. The first-order chi connectivity index (χ1) is 8.01. The molecule has 0 spiro atoms. The number of aryl methyl sites for hydroxylation is 1. The lowest BCUT2D eigenvalue weighted by Gasteiger charge is -2.12. The smallest absolute Gasteiger partial charge is 0.337 e. The number of carboxylic acids is 1. The summed E-state index contributed by atoms with van der Waals surface area (Å²) in [7, 11) is 0. The minimum Gasteiger partial charge on any atom is -0.479 e. The summed E-state index contributed by atoms with van der Waals surface area (Å²) in [5, 5.41) is 18.4. The van der Waals surface area contributed by atoms with Gasteiger partial charge in [-0.25, -0.2) is 4.79 Å². The van der Waals surface area contributed by atoms with E-state index in [0.29, 0.717) is 24.0 Å². The summed E-state index contributed by atoms with van der Waals surface area (Å²) in [6, 6.07) is 4.84. The predicted molar refractivity (Wildman–Crippen MR) is 63.0 cm³/mol. The molecule has 0 radical (unpaired) electrons.